The molecule has 0 atom stereocenters. The van der Waals surface area contributed by atoms with Gasteiger partial charge in [0, 0.05) is 22.2 Å². The standard InChI is InChI=1S/C20H19BO4/c1-19(2)20(3,4)25-21(24-19)13-5-6-16-15(10-13)14-9-12-7-8-22-17(12)11-18(14)23-16/h5-11H,1-4H3. The van der Waals surface area contributed by atoms with Gasteiger partial charge in [0.2, 0.25) is 0 Å². The van der Waals surface area contributed by atoms with E-state index in [0.29, 0.717) is 0 Å². The first-order valence-electron chi connectivity index (χ1n) is 8.53. The van der Waals surface area contributed by atoms with Gasteiger partial charge in [0.15, 0.2) is 0 Å². The molecule has 0 unspecified atom stereocenters. The fourth-order valence-corrected chi connectivity index (χ4v) is 3.38. The van der Waals surface area contributed by atoms with Crippen molar-refractivity contribution in [1.82, 2.24) is 0 Å². The van der Waals surface area contributed by atoms with Gasteiger partial charge in [-0.25, -0.2) is 0 Å². The Balaban J connectivity index is 1.67. The van der Waals surface area contributed by atoms with E-state index in [4.69, 9.17) is 18.1 Å². The summed E-state index contributed by atoms with van der Waals surface area (Å²) in [5, 5.41) is 3.20. The van der Waals surface area contributed by atoms with Crippen molar-refractivity contribution < 1.29 is 18.1 Å². The van der Waals surface area contributed by atoms with E-state index in [9.17, 15) is 0 Å². The Kier molecular flexibility index (Phi) is 2.82. The largest absolute Gasteiger partial charge is 0.494 e. The van der Waals surface area contributed by atoms with Gasteiger partial charge in [-0.15, -0.1) is 0 Å². The maximum absolute atomic E-state index is 6.18. The highest BCUT2D eigenvalue weighted by atomic mass is 16.7. The predicted octanol–water partition coefficient (Wildman–Crippen LogP) is 4.63. The summed E-state index contributed by atoms with van der Waals surface area (Å²) >= 11 is 0. The van der Waals surface area contributed by atoms with E-state index in [1.165, 1.54) is 0 Å². The fraction of sp³-hybridized carbons (Fsp3) is 0.300. The number of hydrogen-bond donors (Lipinski definition) is 0. The summed E-state index contributed by atoms with van der Waals surface area (Å²) < 4.78 is 23.8. The monoisotopic (exact) mass is 334 g/mol. The lowest BCUT2D eigenvalue weighted by Crippen LogP contribution is -2.41. The molecule has 0 N–H and O–H groups in total. The summed E-state index contributed by atoms with van der Waals surface area (Å²) in [5.74, 6) is 0. The lowest BCUT2D eigenvalue weighted by molar-refractivity contribution is 0.00578. The van der Waals surface area contributed by atoms with Crippen molar-refractivity contribution >= 4 is 45.5 Å². The molecule has 2 aromatic carbocycles. The number of furan rings is 2. The Morgan fingerprint density at radius 3 is 2.24 bits per heavy atom. The maximum atomic E-state index is 6.18. The van der Waals surface area contributed by atoms with Gasteiger partial charge in [-0.05, 0) is 51.4 Å². The van der Waals surface area contributed by atoms with Crippen LogP contribution < -0.4 is 5.46 Å². The smallest absolute Gasteiger partial charge is 0.464 e. The van der Waals surface area contributed by atoms with Crippen LogP contribution >= 0.6 is 0 Å². The Bertz CT molecular complexity index is 1100. The van der Waals surface area contributed by atoms with E-state index in [1.807, 2.05) is 24.3 Å². The zero-order valence-corrected chi connectivity index (χ0v) is 14.8. The van der Waals surface area contributed by atoms with Crippen molar-refractivity contribution in [3.8, 4) is 0 Å². The van der Waals surface area contributed by atoms with E-state index in [0.717, 1.165) is 38.4 Å². The average molecular weight is 334 g/mol. The molecule has 0 radical (unpaired) electrons. The van der Waals surface area contributed by atoms with Crippen LogP contribution in [0.2, 0.25) is 0 Å². The zero-order valence-electron chi connectivity index (χ0n) is 14.8. The summed E-state index contributed by atoms with van der Waals surface area (Å²) in [5.41, 5.74) is 2.80. The highest BCUT2D eigenvalue weighted by molar-refractivity contribution is 6.62. The summed E-state index contributed by atoms with van der Waals surface area (Å²) in [4.78, 5) is 0. The van der Waals surface area contributed by atoms with Crippen molar-refractivity contribution in [1.29, 1.82) is 0 Å². The summed E-state index contributed by atoms with van der Waals surface area (Å²) in [6, 6.07) is 12.1. The average Bonchev–Trinajstić information content (AvgIpc) is 3.19. The minimum Gasteiger partial charge on any atom is -0.464 e. The molecular formula is C20H19BO4. The molecule has 1 aliphatic heterocycles. The molecule has 0 aliphatic carbocycles. The topological polar surface area (TPSA) is 44.7 Å². The minimum atomic E-state index is -0.378. The molecule has 1 fully saturated rings. The number of benzene rings is 2. The number of fused-ring (bicyclic) bond motifs is 4. The molecule has 4 aromatic rings. The van der Waals surface area contributed by atoms with Crippen LogP contribution in [0.4, 0.5) is 0 Å². The van der Waals surface area contributed by atoms with Crippen LogP contribution in [-0.2, 0) is 9.31 Å². The second kappa shape index (κ2) is 4.68. The SMILES string of the molecule is CC1(C)OB(c2ccc3oc4cc5occc5cc4c3c2)OC1(C)C. The molecule has 4 nitrogen and oxygen atoms in total. The molecule has 1 aliphatic rings. The van der Waals surface area contributed by atoms with Crippen molar-refractivity contribution in [3.05, 3.63) is 42.7 Å². The van der Waals surface area contributed by atoms with Gasteiger partial charge in [0.05, 0.1) is 17.5 Å². The number of rotatable bonds is 1. The molecule has 1 saturated heterocycles. The van der Waals surface area contributed by atoms with Crippen molar-refractivity contribution in [3.63, 3.8) is 0 Å². The molecule has 126 valence electrons. The van der Waals surface area contributed by atoms with Crippen LogP contribution in [0.5, 0.6) is 0 Å². The van der Waals surface area contributed by atoms with E-state index in [-0.39, 0.29) is 18.3 Å². The molecule has 0 spiro atoms. The third-order valence-electron chi connectivity index (χ3n) is 5.59. The van der Waals surface area contributed by atoms with Crippen molar-refractivity contribution in [2.45, 2.75) is 38.9 Å². The summed E-state index contributed by atoms with van der Waals surface area (Å²) in [7, 11) is -0.378. The molecule has 0 amide bonds. The van der Waals surface area contributed by atoms with Gasteiger partial charge in [-0.2, -0.15) is 0 Å². The van der Waals surface area contributed by atoms with Gasteiger partial charge < -0.3 is 18.1 Å². The number of hydrogen-bond acceptors (Lipinski definition) is 4. The Morgan fingerprint density at radius 2 is 1.48 bits per heavy atom. The van der Waals surface area contributed by atoms with Crippen LogP contribution in [0.3, 0.4) is 0 Å². The molecule has 5 rings (SSSR count). The van der Waals surface area contributed by atoms with Crippen LogP contribution in [0.1, 0.15) is 27.7 Å². The fourth-order valence-electron chi connectivity index (χ4n) is 3.38. The summed E-state index contributed by atoms with van der Waals surface area (Å²) in [6.07, 6.45) is 1.70. The van der Waals surface area contributed by atoms with Gasteiger partial charge in [0.1, 0.15) is 16.7 Å². The lowest BCUT2D eigenvalue weighted by Gasteiger charge is -2.32. The molecule has 3 heterocycles. The first-order valence-corrected chi connectivity index (χ1v) is 8.53. The Morgan fingerprint density at radius 1 is 0.760 bits per heavy atom. The quantitative estimate of drug-likeness (QED) is 0.476. The second-order valence-electron chi connectivity index (χ2n) is 7.75. The van der Waals surface area contributed by atoms with E-state index in [1.54, 1.807) is 6.26 Å². The van der Waals surface area contributed by atoms with Crippen molar-refractivity contribution in [2.24, 2.45) is 0 Å². The highest BCUT2D eigenvalue weighted by Gasteiger charge is 2.51. The minimum absolute atomic E-state index is 0.353. The van der Waals surface area contributed by atoms with Crippen LogP contribution in [0, 0.1) is 0 Å². The van der Waals surface area contributed by atoms with Gasteiger partial charge in [-0.1, -0.05) is 12.1 Å². The molecule has 0 saturated carbocycles. The maximum Gasteiger partial charge on any atom is 0.494 e. The van der Waals surface area contributed by atoms with Crippen LogP contribution in [0.25, 0.3) is 32.9 Å². The first kappa shape index (κ1) is 15.1. The second-order valence-corrected chi connectivity index (χ2v) is 7.75. The van der Waals surface area contributed by atoms with Gasteiger partial charge in [0.25, 0.3) is 0 Å². The highest BCUT2D eigenvalue weighted by Crippen LogP contribution is 2.37. The zero-order chi connectivity index (χ0) is 17.4. The predicted molar refractivity (Wildman–Crippen MR) is 99.2 cm³/mol. The van der Waals surface area contributed by atoms with E-state index >= 15 is 0 Å². The molecule has 2 aromatic heterocycles. The third-order valence-corrected chi connectivity index (χ3v) is 5.59. The lowest BCUT2D eigenvalue weighted by atomic mass is 9.78. The van der Waals surface area contributed by atoms with Gasteiger partial charge in [-0.3, -0.25) is 0 Å². The third kappa shape index (κ3) is 2.09. The molecule has 25 heavy (non-hydrogen) atoms. The van der Waals surface area contributed by atoms with E-state index in [2.05, 4.69) is 39.8 Å². The van der Waals surface area contributed by atoms with E-state index < -0.39 is 0 Å². The normalized spacial score (nSPS) is 19.4. The molecular weight excluding hydrogens is 315 g/mol. The Labute approximate surface area is 145 Å². The van der Waals surface area contributed by atoms with Crippen LogP contribution in [0.15, 0.2) is 51.5 Å². The summed E-state index contributed by atoms with van der Waals surface area (Å²) in [6.45, 7) is 8.26. The van der Waals surface area contributed by atoms with Crippen LogP contribution in [-0.4, -0.2) is 18.3 Å². The molecule has 5 heteroatoms. The van der Waals surface area contributed by atoms with Crippen molar-refractivity contribution in [2.75, 3.05) is 0 Å². The Hall–Kier alpha value is -2.24. The molecule has 0 bridgehead atoms. The van der Waals surface area contributed by atoms with Gasteiger partial charge >= 0.3 is 7.12 Å². The first-order chi connectivity index (χ1) is 11.8.